The first-order valence-electron chi connectivity index (χ1n) is 5.53. The predicted molar refractivity (Wildman–Crippen MR) is 73.5 cm³/mol. The fourth-order valence-electron chi connectivity index (χ4n) is 1.83. The summed E-state index contributed by atoms with van der Waals surface area (Å²) < 4.78 is 0. The van der Waals surface area contributed by atoms with Crippen LogP contribution in [0.3, 0.4) is 0 Å². The molecule has 17 heavy (non-hydrogen) atoms. The molecular weight excluding hydrogens is 236 g/mol. The van der Waals surface area contributed by atoms with Crippen LogP contribution in [0.4, 0.5) is 5.69 Å². The number of hydrogen-bond donors (Lipinski definition) is 2. The molecule has 2 rings (SSSR count). The maximum absolute atomic E-state index is 10.9. The van der Waals surface area contributed by atoms with Gasteiger partial charge in [0.05, 0.1) is 0 Å². The Morgan fingerprint density at radius 2 is 2.00 bits per heavy atom. The average Bonchev–Trinajstić information content (AvgIpc) is 2.30. The van der Waals surface area contributed by atoms with Gasteiger partial charge in [-0.05, 0) is 36.2 Å². The SMILES string of the molecule is CC(=O)Nc1ccc(C2=CCCNC2)cc1.Cl. The minimum absolute atomic E-state index is 0. The van der Waals surface area contributed by atoms with Gasteiger partial charge in [-0.2, -0.15) is 0 Å². The van der Waals surface area contributed by atoms with E-state index in [0.29, 0.717) is 0 Å². The van der Waals surface area contributed by atoms with Gasteiger partial charge in [0, 0.05) is 19.2 Å². The summed E-state index contributed by atoms with van der Waals surface area (Å²) in [6, 6.07) is 7.96. The van der Waals surface area contributed by atoms with Crippen LogP contribution in [0.15, 0.2) is 30.3 Å². The van der Waals surface area contributed by atoms with Gasteiger partial charge in [-0.15, -0.1) is 12.4 Å². The Balaban J connectivity index is 0.00000144. The number of nitrogens with one attached hydrogen (secondary N) is 2. The fourth-order valence-corrected chi connectivity index (χ4v) is 1.83. The molecule has 0 saturated carbocycles. The van der Waals surface area contributed by atoms with E-state index < -0.39 is 0 Å². The molecule has 1 aromatic rings. The van der Waals surface area contributed by atoms with Crippen LogP contribution in [0.25, 0.3) is 5.57 Å². The van der Waals surface area contributed by atoms with E-state index in [9.17, 15) is 4.79 Å². The van der Waals surface area contributed by atoms with Gasteiger partial charge >= 0.3 is 0 Å². The molecule has 92 valence electrons. The molecule has 2 N–H and O–H groups in total. The van der Waals surface area contributed by atoms with Gasteiger partial charge in [0.25, 0.3) is 0 Å². The molecule has 1 amide bonds. The Morgan fingerprint density at radius 3 is 2.53 bits per heavy atom. The van der Waals surface area contributed by atoms with Crippen molar-refractivity contribution in [3.63, 3.8) is 0 Å². The third kappa shape index (κ3) is 3.88. The molecule has 0 bridgehead atoms. The number of halogens is 1. The molecule has 0 unspecified atom stereocenters. The van der Waals surface area contributed by atoms with Gasteiger partial charge in [-0.1, -0.05) is 18.2 Å². The summed E-state index contributed by atoms with van der Waals surface area (Å²) in [7, 11) is 0. The highest BCUT2D eigenvalue weighted by molar-refractivity contribution is 5.88. The van der Waals surface area contributed by atoms with Crippen LogP contribution in [0, 0.1) is 0 Å². The minimum atomic E-state index is -0.0358. The quantitative estimate of drug-likeness (QED) is 0.849. The molecule has 0 radical (unpaired) electrons. The van der Waals surface area contributed by atoms with E-state index in [1.165, 1.54) is 18.1 Å². The lowest BCUT2D eigenvalue weighted by molar-refractivity contribution is -0.114. The number of rotatable bonds is 2. The van der Waals surface area contributed by atoms with Crippen LogP contribution in [0.5, 0.6) is 0 Å². The van der Waals surface area contributed by atoms with E-state index in [2.05, 4.69) is 16.7 Å². The molecule has 1 heterocycles. The molecular formula is C13H17ClN2O. The van der Waals surface area contributed by atoms with Crippen molar-refractivity contribution in [1.29, 1.82) is 0 Å². The number of amides is 1. The molecule has 0 aromatic heterocycles. The second-order valence-electron chi connectivity index (χ2n) is 3.95. The molecule has 0 fully saturated rings. The maximum atomic E-state index is 10.9. The molecule has 3 nitrogen and oxygen atoms in total. The fraction of sp³-hybridized carbons (Fsp3) is 0.308. The molecule has 1 aliphatic heterocycles. The van der Waals surface area contributed by atoms with Crippen molar-refractivity contribution < 1.29 is 4.79 Å². The molecule has 1 aromatic carbocycles. The van der Waals surface area contributed by atoms with E-state index in [4.69, 9.17) is 0 Å². The Morgan fingerprint density at radius 1 is 1.29 bits per heavy atom. The van der Waals surface area contributed by atoms with Crippen molar-refractivity contribution in [3.05, 3.63) is 35.9 Å². The molecule has 4 heteroatoms. The Bertz CT molecular complexity index is 412. The van der Waals surface area contributed by atoms with Crippen LogP contribution in [0.1, 0.15) is 18.9 Å². The zero-order valence-electron chi connectivity index (χ0n) is 9.82. The zero-order valence-corrected chi connectivity index (χ0v) is 10.6. The lowest BCUT2D eigenvalue weighted by Gasteiger charge is -2.14. The highest BCUT2D eigenvalue weighted by Crippen LogP contribution is 2.19. The molecule has 1 aliphatic rings. The van der Waals surface area contributed by atoms with Gasteiger partial charge < -0.3 is 10.6 Å². The average molecular weight is 253 g/mol. The second-order valence-corrected chi connectivity index (χ2v) is 3.95. The first kappa shape index (κ1) is 13.7. The third-order valence-corrected chi connectivity index (χ3v) is 2.60. The molecule has 0 spiro atoms. The lowest BCUT2D eigenvalue weighted by atomic mass is 10.0. The van der Waals surface area contributed by atoms with E-state index >= 15 is 0 Å². The maximum Gasteiger partial charge on any atom is 0.221 e. The van der Waals surface area contributed by atoms with Crippen molar-refractivity contribution in [1.82, 2.24) is 5.32 Å². The van der Waals surface area contributed by atoms with Crippen LogP contribution >= 0.6 is 12.4 Å². The van der Waals surface area contributed by atoms with Crippen LogP contribution in [-0.2, 0) is 4.79 Å². The summed E-state index contributed by atoms with van der Waals surface area (Å²) in [4.78, 5) is 10.9. The van der Waals surface area contributed by atoms with Gasteiger partial charge in [0.15, 0.2) is 0 Å². The van der Waals surface area contributed by atoms with Gasteiger partial charge in [0.1, 0.15) is 0 Å². The van der Waals surface area contributed by atoms with E-state index in [1.807, 2.05) is 24.3 Å². The summed E-state index contributed by atoms with van der Waals surface area (Å²) in [6.07, 6.45) is 3.35. The Hall–Kier alpha value is -1.32. The largest absolute Gasteiger partial charge is 0.326 e. The number of hydrogen-bond acceptors (Lipinski definition) is 2. The predicted octanol–water partition coefficient (Wildman–Crippen LogP) is 2.44. The first-order chi connectivity index (χ1) is 7.75. The van der Waals surface area contributed by atoms with Gasteiger partial charge in [-0.3, -0.25) is 4.79 Å². The third-order valence-electron chi connectivity index (χ3n) is 2.60. The van der Waals surface area contributed by atoms with Crippen LogP contribution in [-0.4, -0.2) is 19.0 Å². The van der Waals surface area contributed by atoms with E-state index in [-0.39, 0.29) is 18.3 Å². The summed E-state index contributed by atoms with van der Waals surface area (Å²) in [5, 5.41) is 6.10. The summed E-state index contributed by atoms with van der Waals surface area (Å²) in [5.41, 5.74) is 3.41. The summed E-state index contributed by atoms with van der Waals surface area (Å²) in [5.74, 6) is -0.0358. The van der Waals surface area contributed by atoms with Crippen molar-refractivity contribution in [2.75, 3.05) is 18.4 Å². The smallest absolute Gasteiger partial charge is 0.221 e. The Kier molecular flexibility index (Phi) is 5.19. The highest BCUT2D eigenvalue weighted by Gasteiger charge is 2.05. The second kappa shape index (κ2) is 6.42. The van der Waals surface area contributed by atoms with E-state index in [0.717, 1.165) is 25.2 Å². The van der Waals surface area contributed by atoms with Gasteiger partial charge in [0.2, 0.25) is 5.91 Å². The number of carbonyl (C=O) groups is 1. The standard InChI is InChI=1S/C13H16N2O.ClH/c1-10(16)15-13-6-4-11(5-7-13)12-3-2-8-14-9-12;/h3-7,14H,2,8-9H2,1H3,(H,15,16);1H. The summed E-state index contributed by atoms with van der Waals surface area (Å²) in [6.45, 7) is 3.51. The molecule has 0 saturated heterocycles. The first-order valence-corrected chi connectivity index (χ1v) is 5.53. The van der Waals surface area contributed by atoms with Crippen molar-refractivity contribution >= 4 is 29.6 Å². The summed E-state index contributed by atoms with van der Waals surface area (Å²) >= 11 is 0. The molecule has 0 atom stereocenters. The number of anilines is 1. The van der Waals surface area contributed by atoms with Crippen molar-refractivity contribution in [3.8, 4) is 0 Å². The number of carbonyl (C=O) groups excluding carboxylic acids is 1. The lowest BCUT2D eigenvalue weighted by Crippen LogP contribution is -2.21. The minimum Gasteiger partial charge on any atom is -0.326 e. The van der Waals surface area contributed by atoms with Crippen LogP contribution in [0.2, 0.25) is 0 Å². The van der Waals surface area contributed by atoms with Crippen molar-refractivity contribution in [2.45, 2.75) is 13.3 Å². The monoisotopic (exact) mass is 252 g/mol. The molecule has 0 aliphatic carbocycles. The topological polar surface area (TPSA) is 41.1 Å². The van der Waals surface area contributed by atoms with Gasteiger partial charge in [-0.25, -0.2) is 0 Å². The van der Waals surface area contributed by atoms with E-state index in [1.54, 1.807) is 0 Å². The number of benzene rings is 1. The highest BCUT2D eigenvalue weighted by atomic mass is 35.5. The Labute approximate surface area is 108 Å². The zero-order chi connectivity index (χ0) is 11.4. The van der Waals surface area contributed by atoms with Crippen molar-refractivity contribution in [2.24, 2.45) is 0 Å². The normalized spacial score (nSPS) is 14.5. The van der Waals surface area contributed by atoms with Crippen LogP contribution < -0.4 is 10.6 Å².